The summed E-state index contributed by atoms with van der Waals surface area (Å²) in [7, 11) is 1.50. The van der Waals surface area contributed by atoms with Crippen LogP contribution in [0.3, 0.4) is 0 Å². The van der Waals surface area contributed by atoms with Gasteiger partial charge in [0, 0.05) is 22.8 Å². The quantitative estimate of drug-likeness (QED) is 0.205. The summed E-state index contributed by atoms with van der Waals surface area (Å²) in [6.07, 6.45) is 2.64. The molecule has 1 aromatic heterocycles. The Balaban J connectivity index is 0.00000176. The molecule has 0 unspecified atom stereocenters. The fourth-order valence-electron chi connectivity index (χ4n) is 2.77. The molecule has 170 valence electrons. The van der Waals surface area contributed by atoms with Gasteiger partial charge in [-0.15, -0.1) is 11.3 Å². The van der Waals surface area contributed by atoms with Crippen molar-refractivity contribution in [2.45, 2.75) is 6.54 Å². The van der Waals surface area contributed by atoms with Crippen LogP contribution in [0.15, 0.2) is 48.8 Å². The van der Waals surface area contributed by atoms with E-state index in [1.165, 1.54) is 36.6 Å². The maximum atomic E-state index is 14.1. The topological polar surface area (TPSA) is 139 Å². The fraction of sp³-hybridized carbons (Fsp3) is 0.0952. The van der Waals surface area contributed by atoms with Gasteiger partial charge in [-0.2, -0.15) is 0 Å². The number of aromatic hydroxyl groups is 2. The van der Waals surface area contributed by atoms with E-state index in [-0.39, 0.29) is 22.2 Å². The van der Waals surface area contributed by atoms with E-state index < -0.39 is 28.7 Å². The Morgan fingerprint density at radius 3 is 2.53 bits per heavy atom. The first-order valence-electron chi connectivity index (χ1n) is 9.03. The summed E-state index contributed by atoms with van der Waals surface area (Å²) in [5.41, 5.74) is 9.93. The van der Waals surface area contributed by atoms with Crippen molar-refractivity contribution >= 4 is 28.7 Å². The predicted octanol–water partition coefficient (Wildman–Crippen LogP) is 3.67. The average molecular weight is 483 g/mol. The summed E-state index contributed by atoms with van der Waals surface area (Å²) in [6.45, 7) is 0.101. The number of carbonyl (C=O) groups excluding carboxylic acids is 1. The zero-order chi connectivity index (χ0) is 24.0. The number of carbonyl (C=O) groups is 1. The highest BCUT2D eigenvalue weighted by Crippen LogP contribution is 2.37. The normalized spacial score (nSPS) is 10.7. The van der Waals surface area contributed by atoms with E-state index in [2.05, 4.69) is 5.73 Å². The van der Waals surface area contributed by atoms with Crippen LogP contribution in [0.25, 0.3) is 10.4 Å². The SMILES string of the molecule is CN.N/C=C\N(N)Cc1cc(-c2ccc(C(=O)c3c(F)ccc(O)c3F)s2)cc(Cl)c1O. The number of benzene rings is 2. The number of thiophene rings is 1. The van der Waals surface area contributed by atoms with Gasteiger partial charge < -0.3 is 26.7 Å². The second-order valence-electron chi connectivity index (χ2n) is 6.23. The number of ketones is 1. The molecular weight excluding hydrogens is 462 g/mol. The van der Waals surface area contributed by atoms with Crippen molar-refractivity contribution in [2.75, 3.05) is 7.05 Å². The lowest BCUT2D eigenvalue weighted by molar-refractivity contribution is 0.103. The third-order valence-corrected chi connectivity index (χ3v) is 5.61. The molecule has 32 heavy (non-hydrogen) atoms. The number of halogens is 3. The first kappa shape index (κ1) is 25.1. The molecule has 0 aliphatic carbocycles. The third kappa shape index (κ3) is 5.35. The zero-order valence-electron chi connectivity index (χ0n) is 16.8. The number of nitrogens with zero attached hydrogens (tertiary/aromatic N) is 1. The van der Waals surface area contributed by atoms with E-state index in [1.54, 1.807) is 12.1 Å². The molecule has 0 radical (unpaired) electrons. The van der Waals surface area contributed by atoms with Crippen LogP contribution in [-0.4, -0.2) is 28.1 Å². The van der Waals surface area contributed by atoms with E-state index in [9.17, 15) is 23.8 Å². The van der Waals surface area contributed by atoms with Crippen molar-refractivity contribution in [1.29, 1.82) is 0 Å². The zero-order valence-corrected chi connectivity index (χ0v) is 18.4. The Bertz CT molecular complexity index is 1150. The first-order chi connectivity index (χ1) is 15.2. The summed E-state index contributed by atoms with van der Waals surface area (Å²) < 4.78 is 28.1. The van der Waals surface area contributed by atoms with E-state index in [1.807, 2.05) is 0 Å². The first-order valence-corrected chi connectivity index (χ1v) is 10.2. The third-order valence-electron chi connectivity index (χ3n) is 4.18. The van der Waals surface area contributed by atoms with Gasteiger partial charge in [-0.3, -0.25) is 4.79 Å². The number of hydrogen-bond donors (Lipinski definition) is 5. The lowest BCUT2D eigenvalue weighted by atomic mass is 10.1. The monoisotopic (exact) mass is 482 g/mol. The number of nitrogens with two attached hydrogens (primary N) is 3. The second kappa shape index (κ2) is 10.9. The molecule has 3 aromatic rings. The standard InChI is InChI=1S/C20H16ClF2N3O3S.CH5N/c21-12-8-10(7-11(19(12)28)9-26(25)6-5-24)15-3-4-16(30-15)20(29)17-13(22)1-2-14(27)18(17)23;1-2/h1-8,27-28H,9,24-25H2;2H2,1H3/b6-5-;. The Morgan fingerprint density at radius 2 is 1.88 bits per heavy atom. The molecule has 7 nitrogen and oxygen atoms in total. The minimum absolute atomic E-state index is 0.0608. The van der Waals surface area contributed by atoms with Crippen LogP contribution in [-0.2, 0) is 6.54 Å². The minimum atomic E-state index is -1.32. The molecule has 2 aromatic carbocycles. The van der Waals surface area contributed by atoms with Crippen LogP contribution in [0.2, 0.25) is 5.02 Å². The van der Waals surface area contributed by atoms with Crippen molar-refractivity contribution < 1.29 is 23.8 Å². The van der Waals surface area contributed by atoms with Crippen LogP contribution >= 0.6 is 22.9 Å². The summed E-state index contributed by atoms with van der Waals surface area (Å²) in [5, 5.41) is 20.9. The molecule has 0 saturated heterocycles. The van der Waals surface area contributed by atoms with E-state index in [4.69, 9.17) is 23.2 Å². The van der Waals surface area contributed by atoms with Crippen molar-refractivity contribution in [2.24, 2.45) is 17.3 Å². The highest BCUT2D eigenvalue weighted by atomic mass is 35.5. The molecule has 0 aliphatic heterocycles. The molecule has 0 bridgehead atoms. The second-order valence-corrected chi connectivity index (χ2v) is 7.72. The fourth-order valence-corrected chi connectivity index (χ4v) is 3.95. The smallest absolute Gasteiger partial charge is 0.209 e. The molecule has 0 saturated carbocycles. The van der Waals surface area contributed by atoms with Crippen molar-refractivity contribution in [3.8, 4) is 21.9 Å². The van der Waals surface area contributed by atoms with Crippen LogP contribution in [0.5, 0.6) is 11.5 Å². The van der Waals surface area contributed by atoms with Gasteiger partial charge in [0.1, 0.15) is 11.6 Å². The lowest BCUT2D eigenvalue weighted by Crippen LogP contribution is -2.24. The molecule has 1 heterocycles. The van der Waals surface area contributed by atoms with E-state index >= 15 is 0 Å². The van der Waals surface area contributed by atoms with Crippen LogP contribution < -0.4 is 17.3 Å². The molecule has 0 fully saturated rings. The Hall–Kier alpha value is -3.18. The largest absolute Gasteiger partial charge is 0.506 e. The van der Waals surface area contributed by atoms with Crippen LogP contribution in [0.4, 0.5) is 8.78 Å². The summed E-state index contributed by atoms with van der Waals surface area (Å²) >= 11 is 7.09. The predicted molar refractivity (Wildman–Crippen MR) is 121 cm³/mol. The van der Waals surface area contributed by atoms with Crippen LogP contribution in [0, 0.1) is 11.6 Å². The van der Waals surface area contributed by atoms with E-state index in [0.717, 1.165) is 23.5 Å². The van der Waals surface area contributed by atoms with Gasteiger partial charge in [-0.1, -0.05) is 11.6 Å². The molecule has 0 spiro atoms. The number of hydrogen-bond acceptors (Lipinski definition) is 8. The number of phenolic OH excluding ortho intramolecular Hbond substituents is 2. The maximum absolute atomic E-state index is 14.1. The number of rotatable bonds is 6. The number of hydrazine groups is 1. The van der Waals surface area contributed by atoms with Gasteiger partial charge in [0.15, 0.2) is 11.6 Å². The molecule has 0 atom stereocenters. The van der Waals surface area contributed by atoms with Gasteiger partial charge in [-0.25, -0.2) is 14.6 Å². The molecule has 0 amide bonds. The Kier molecular flexibility index (Phi) is 8.56. The van der Waals surface area contributed by atoms with Gasteiger partial charge in [0.05, 0.1) is 22.0 Å². The molecule has 3 rings (SSSR count). The molecule has 0 aliphatic rings. The van der Waals surface area contributed by atoms with Gasteiger partial charge in [0.25, 0.3) is 0 Å². The minimum Gasteiger partial charge on any atom is -0.506 e. The van der Waals surface area contributed by atoms with Crippen LogP contribution in [0.1, 0.15) is 20.8 Å². The van der Waals surface area contributed by atoms with Crippen molar-refractivity contribution in [1.82, 2.24) is 5.01 Å². The highest BCUT2D eigenvalue weighted by molar-refractivity contribution is 7.17. The Labute approximate surface area is 191 Å². The van der Waals surface area contributed by atoms with E-state index in [0.29, 0.717) is 16.0 Å². The van der Waals surface area contributed by atoms with Gasteiger partial charge in [0.2, 0.25) is 5.78 Å². The molecular formula is C21H21ClF2N4O3S. The number of phenols is 2. The van der Waals surface area contributed by atoms with Crippen molar-refractivity contribution in [3.63, 3.8) is 0 Å². The van der Waals surface area contributed by atoms with Gasteiger partial charge in [-0.05, 0) is 49.0 Å². The maximum Gasteiger partial charge on any atom is 0.209 e. The summed E-state index contributed by atoms with van der Waals surface area (Å²) in [4.78, 5) is 13.2. The Morgan fingerprint density at radius 1 is 1.19 bits per heavy atom. The molecule has 11 heteroatoms. The average Bonchev–Trinajstić information content (AvgIpc) is 3.26. The highest BCUT2D eigenvalue weighted by Gasteiger charge is 2.23. The molecule has 8 N–H and O–H groups in total. The van der Waals surface area contributed by atoms with Gasteiger partial charge >= 0.3 is 0 Å². The summed E-state index contributed by atoms with van der Waals surface area (Å²) in [5.74, 6) is 1.49. The lowest BCUT2D eigenvalue weighted by Gasteiger charge is -2.15. The summed E-state index contributed by atoms with van der Waals surface area (Å²) in [6, 6.07) is 7.78. The van der Waals surface area contributed by atoms with Crippen molar-refractivity contribution in [3.05, 3.63) is 81.5 Å².